The highest BCUT2D eigenvalue weighted by molar-refractivity contribution is 7.99. The van der Waals surface area contributed by atoms with Crippen LogP contribution in [0.3, 0.4) is 0 Å². The van der Waals surface area contributed by atoms with Crippen molar-refractivity contribution in [3.63, 3.8) is 0 Å². The smallest absolute Gasteiger partial charge is 0.246 e. The summed E-state index contributed by atoms with van der Waals surface area (Å²) in [5.74, 6) is 2.43. The van der Waals surface area contributed by atoms with Gasteiger partial charge in [0.1, 0.15) is 4.90 Å². The Labute approximate surface area is 136 Å². The van der Waals surface area contributed by atoms with Gasteiger partial charge in [0.25, 0.3) is 0 Å². The lowest BCUT2D eigenvalue weighted by Crippen LogP contribution is -2.33. The summed E-state index contributed by atoms with van der Waals surface area (Å²) in [6, 6.07) is 0. The summed E-state index contributed by atoms with van der Waals surface area (Å²) in [7, 11) is -3.45. The highest BCUT2D eigenvalue weighted by atomic mass is 35.5. The summed E-state index contributed by atoms with van der Waals surface area (Å²) in [4.78, 5) is 0.379. The summed E-state index contributed by atoms with van der Waals surface area (Å²) in [5, 5.41) is 4.38. The molecular formula is C13H22ClN3O2S2. The second-order valence-electron chi connectivity index (χ2n) is 5.14. The lowest BCUT2D eigenvalue weighted by Gasteiger charge is -2.19. The third kappa shape index (κ3) is 3.75. The highest BCUT2D eigenvalue weighted by Crippen LogP contribution is 2.25. The van der Waals surface area contributed by atoms with Crippen molar-refractivity contribution < 1.29 is 8.42 Å². The minimum absolute atomic E-state index is 0.379. The van der Waals surface area contributed by atoms with Crippen LogP contribution >= 0.6 is 23.4 Å². The first-order valence-corrected chi connectivity index (χ1v) is 10.3. The molecule has 0 saturated carbocycles. The molecule has 1 fully saturated rings. The normalized spacial score (nSPS) is 17.9. The molecule has 0 spiro atoms. The SMILES string of the molecule is Cc1nn(CCCCl)c(C)c1S(=O)(=O)N1CCCSCC1. The Morgan fingerprint density at radius 3 is 2.76 bits per heavy atom. The van der Waals surface area contributed by atoms with E-state index in [1.807, 2.05) is 18.7 Å². The Morgan fingerprint density at radius 1 is 1.29 bits per heavy atom. The van der Waals surface area contributed by atoms with Crippen molar-refractivity contribution in [2.24, 2.45) is 0 Å². The van der Waals surface area contributed by atoms with Crippen molar-refractivity contribution in [1.82, 2.24) is 14.1 Å². The zero-order valence-corrected chi connectivity index (χ0v) is 14.9. The molecule has 0 aromatic carbocycles. The molecule has 1 aliphatic heterocycles. The van der Waals surface area contributed by atoms with Crippen molar-refractivity contribution >= 4 is 33.4 Å². The summed E-state index contributed by atoms with van der Waals surface area (Å²) in [5.41, 5.74) is 1.30. The lowest BCUT2D eigenvalue weighted by atomic mass is 10.4. The van der Waals surface area contributed by atoms with Gasteiger partial charge in [-0.1, -0.05) is 0 Å². The van der Waals surface area contributed by atoms with Gasteiger partial charge in [-0.25, -0.2) is 8.42 Å². The Bertz CT molecular complexity index is 578. The third-order valence-corrected chi connectivity index (χ3v) is 7.07. The maximum absolute atomic E-state index is 12.9. The van der Waals surface area contributed by atoms with Crippen LogP contribution < -0.4 is 0 Å². The Hall–Kier alpha value is -0.240. The number of halogens is 1. The quantitative estimate of drug-likeness (QED) is 0.763. The molecule has 2 rings (SSSR count). The summed E-state index contributed by atoms with van der Waals surface area (Å²) >= 11 is 7.52. The van der Waals surface area contributed by atoms with E-state index in [0.717, 1.165) is 30.0 Å². The number of rotatable bonds is 5. The second kappa shape index (κ2) is 7.35. The number of sulfonamides is 1. The molecule has 0 atom stereocenters. The number of thioether (sulfide) groups is 1. The van der Waals surface area contributed by atoms with Crippen LogP contribution in [-0.4, -0.2) is 53.0 Å². The maximum atomic E-state index is 12.9. The van der Waals surface area contributed by atoms with E-state index < -0.39 is 10.0 Å². The molecule has 21 heavy (non-hydrogen) atoms. The summed E-state index contributed by atoms with van der Waals surface area (Å²) < 4.78 is 29.2. The Kier molecular flexibility index (Phi) is 5.99. The monoisotopic (exact) mass is 351 g/mol. The van der Waals surface area contributed by atoms with Gasteiger partial charge in [0.2, 0.25) is 10.0 Å². The number of nitrogens with zero attached hydrogens (tertiary/aromatic N) is 3. The van der Waals surface area contributed by atoms with Gasteiger partial charge in [0.15, 0.2) is 0 Å². The number of aryl methyl sites for hydroxylation is 2. The molecule has 5 nitrogen and oxygen atoms in total. The lowest BCUT2D eigenvalue weighted by molar-refractivity contribution is 0.434. The van der Waals surface area contributed by atoms with Gasteiger partial charge < -0.3 is 0 Å². The Balaban J connectivity index is 2.32. The third-order valence-electron chi connectivity index (χ3n) is 3.60. The van der Waals surface area contributed by atoms with E-state index in [1.165, 1.54) is 0 Å². The average Bonchev–Trinajstić information content (AvgIpc) is 2.63. The molecule has 0 radical (unpaired) electrons. The van der Waals surface area contributed by atoms with Crippen LogP contribution in [0.25, 0.3) is 0 Å². The molecule has 0 bridgehead atoms. The van der Waals surface area contributed by atoms with Gasteiger partial charge in [-0.05, 0) is 32.4 Å². The molecule has 1 saturated heterocycles. The second-order valence-corrected chi connectivity index (χ2v) is 8.61. The van der Waals surface area contributed by atoms with E-state index in [1.54, 1.807) is 15.9 Å². The molecular weight excluding hydrogens is 330 g/mol. The van der Waals surface area contributed by atoms with Crippen molar-refractivity contribution in [3.05, 3.63) is 11.4 Å². The molecule has 0 unspecified atom stereocenters. The molecule has 2 heterocycles. The fourth-order valence-corrected chi connectivity index (χ4v) is 5.55. The zero-order chi connectivity index (χ0) is 15.5. The van der Waals surface area contributed by atoms with Crippen LogP contribution in [0.15, 0.2) is 4.90 Å². The van der Waals surface area contributed by atoms with Gasteiger partial charge in [-0.3, -0.25) is 4.68 Å². The molecule has 1 aliphatic rings. The fourth-order valence-electron chi connectivity index (χ4n) is 2.57. The van der Waals surface area contributed by atoms with Gasteiger partial charge in [-0.2, -0.15) is 21.2 Å². The number of aromatic nitrogens is 2. The van der Waals surface area contributed by atoms with E-state index in [4.69, 9.17) is 11.6 Å². The van der Waals surface area contributed by atoms with Crippen LogP contribution in [0.2, 0.25) is 0 Å². The minimum Gasteiger partial charge on any atom is -0.268 e. The van der Waals surface area contributed by atoms with Crippen molar-refractivity contribution in [3.8, 4) is 0 Å². The minimum atomic E-state index is -3.45. The fraction of sp³-hybridized carbons (Fsp3) is 0.769. The van der Waals surface area contributed by atoms with Gasteiger partial charge in [-0.15, -0.1) is 11.6 Å². The summed E-state index contributed by atoms with van der Waals surface area (Å²) in [6.45, 7) is 5.43. The molecule has 0 N–H and O–H groups in total. The predicted octanol–water partition coefficient (Wildman–Crippen LogP) is 2.26. The molecule has 8 heteroatoms. The molecule has 0 amide bonds. The van der Waals surface area contributed by atoms with Gasteiger partial charge in [0, 0.05) is 31.3 Å². The predicted molar refractivity (Wildman–Crippen MR) is 87.7 cm³/mol. The number of hydrogen-bond donors (Lipinski definition) is 0. The van der Waals surface area contributed by atoms with Crippen LogP contribution in [0.1, 0.15) is 24.2 Å². The van der Waals surface area contributed by atoms with E-state index >= 15 is 0 Å². The maximum Gasteiger partial charge on any atom is 0.246 e. The number of alkyl halides is 1. The van der Waals surface area contributed by atoms with Crippen LogP contribution in [-0.2, 0) is 16.6 Å². The highest BCUT2D eigenvalue weighted by Gasteiger charge is 2.31. The van der Waals surface area contributed by atoms with E-state index in [0.29, 0.717) is 36.1 Å². The topological polar surface area (TPSA) is 55.2 Å². The molecule has 120 valence electrons. The first-order chi connectivity index (χ1) is 9.98. The first-order valence-electron chi connectivity index (χ1n) is 7.16. The van der Waals surface area contributed by atoms with Crippen molar-refractivity contribution in [2.45, 2.75) is 38.1 Å². The van der Waals surface area contributed by atoms with E-state index in [2.05, 4.69) is 5.10 Å². The van der Waals surface area contributed by atoms with Crippen LogP contribution in [0.5, 0.6) is 0 Å². The van der Waals surface area contributed by atoms with Gasteiger partial charge in [0.05, 0.1) is 11.4 Å². The van der Waals surface area contributed by atoms with Crippen molar-refractivity contribution in [2.75, 3.05) is 30.5 Å². The first kappa shape index (κ1) is 17.1. The van der Waals surface area contributed by atoms with Crippen LogP contribution in [0, 0.1) is 13.8 Å². The van der Waals surface area contributed by atoms with Crippen molar-refractivity contribution in [1.29, 1.82) is 0 Å². The Morgan fingerprint density at radius 2 is 2.05 bits per heavy atom. The zero-order valence-electron chi connectivity index (χ0n) is 12.5. The molecule has 1 aromatic rings. The standard InChI is InChI=1S/C13H22ClN3O2S2/c1-11-13(12(2)17(15-11)7-3-5-14)21(18,19)16-6-4-9-20-10-8-16/h3-10H2,1-2H3. The summed E-state index contributed by atoms with van der Waals surface area (Å²) in [6.07, 6.45) is 1.69. The van der Waals surface area contributed by atoms with Crippen LogP contribution in [0.4, 0.5) is 0 Å². The van der Waals surface area contributed by atoms with E-state index in [-0.39, 0.29) is 0 Å². The van der Waals surface area contributed by atoms with E-state index in [9.17, 15) is 8.42 Å². The van der Waals surface area contributed by atoms with Gasteiger partial charge >= 0.3 is 0 Å². The number of hydrogen-bond acceptors (Lipinski definition) is 4. The largest absolute Gasteiger partial charge is 0.268 e. The molecule has 0 aliphatic carbocycles. The molecule has 1 aromatic heterocycles. The average molecular weight is 352 g/mol.